The van der Waals surface area contributed by atoms with Crippen LogP contribution < -0.4 is 15.4 Å². The van der Waals surface area contributed by atoms with Gasteiger partial charge in [0.05, 0.1) is 6.10 Å². The van der Waals surface area contributed by atoms with Gasteiger partial charge in [-0.25, -0.2) is 0 Å². The molecule has 2 N–H and O–H groups in total. The van der Waals surface area contributed by atoms with E-state index in [1.165, 1.54) is 0 Å². The van der Waals surface area contributed by atoms with Gasteiger partial charge in [-0.15, -0.1) is 0 Å². The molecule has 1 aromatic rings. The Balaban J connectivity index is 2.35. The average molecular weight is 306 g/mol. The maximum atomic E-state index is 11.7. The molecule has 0 aromatic heterocycles. The van der Waals surface area contributed by atoms with E-state index in [0.29, 0.717) is 12.2 Å². The van der Waals surface area contributed by atoms with Crippen molar-refractivity contribution in [1.29, 1.82) is 0 Å². The first-order chi connectivity index (χ1) is 10.5. The highest BCUT2D eigenvalue weighted by Gasteiger charge is 2.12. The van der Waals surface area contributed by atoms with E-state index in [2.05, 4.69) is 17.6 Å². The van der Waals surface area contributed by atoms with Gasteiger partial charge < -0.3 is 15.4 Å². The van der Waals surface area contributed by atoms with E-state index in [-0.39, 0.29) is 6.10 Å². The molecule has 1 rings (SSSR count). The number of unbranched alkanes of at least 4 members (excludes halogenated alkanes) is 3. The topological polar surface area (TPSA) is 67.4 Å². The highest BCUT2D eigenvalue weighted by molar-refractivity contribution is 6.39. The monoisotopic (exact) mass is 306 g/mol. The number of hydrogen-bond acceptors (Lipinski definition) is 3. The van der Waals surface area contributed by atoms with E-state index in [4.69, 9.17) is 4.74 Å². The van der Waals surface area contributed by atoms with Crippen molar-refractivity contribution in [3.63, 3.8) is 0 Å². The van der Waals surface area contributed by atoms with Gasteiger partial charge in [0, 0.05) is 12.2 Å². The molecule has 5 nitrogen and oxygen atoms in total. The van der Waals surface area contributed by atoms with Gasteiger partial charge in [0.2, 0.25) is 0 Å². The van der Waals surface area contributed by atoms with Gasteiger partial charge in [-0.05, 0) is 44.5 Å². The van der Waals surface area contributed by atoms with Crippen molar-refractivity contribution in [1.82, 2.24) is 5.32 Å². The van der Waals surface area contributed by atoms with Crippen molar-refractivity contribution in [2.75, 3.05) is 11.9 Å². The molecule has 122 valence electrons. The number of hydrogen-bond donors (Lipinski definition) is 2. The summed E-state index contributed by atoms with van der Waals surface area (Å²) < 4.78 is 5.51. The van der Waals surface area contributed by atoms with Crippen molar-refractivity contribution in [3.8, 4) is 5.75 Å². The van der Waals surface area contributed by atoms with Gasteiger partial charge in [-0.3, -0.25) is 9.59 Å². The van der Waals surface area contributed by atoms with Crippen LogP contribution in [0.5, 0.6) is 5.75 Å². The van der Waals surface area contributed by atoms with Gasteiger partial charge in [-0.1, -0.05) is 26.2 Å². The van der Waals surface area contributed by atoms with Crippen LogP contribution in [0.25, 0.3) is 0 Å². The summed E-state index contributed by atoms with van der Waals surface area (Å²) in [5, 5.41) is 5.19. The van der Waals surface area contributed by atoms with Crippen LogP contribution in [0.2, 0.25) is 0 Å². The van der Waals surface area contributed by atoms with Crippen LogP contribution in [0.3, 0.4) is 0 Å². The molecular formula is C17H26N2O3. The van der Waals surface area contributed by atoms with E-state index in [1.807, 2.05) is 13.8 Å². The van der Waals surface area contributed by atoms with Gasteiger partial charge in [0.25, 0.3) is 0 Å². The lowest BCUT2D eigenvalue weighted by Crippen LogP contribution is -2.35. The van der Waals surface area contributed by atoms with Crippen LogP contribution in [0.4, 0.5) is 5.69 Å². The summed E-state index contributed by atoms with van der Waals surface area (Å²) in [7, 11) is 0. The van der Waals surface area contributed by atoms with Crippen LogP contribution in [0.15, 0.2) is 24.3 Å². The number of rotatable bonds is 8. The van der Waals surface area contributed by atoms with Gasteiger partial charge in [-0.2, -0.15) is 0 Å². The Morgan fingerprint density at radius 1 is 1.05 bits per heavy atom. The minimum atomic E-state index is -0.645. The van der Waals surface area contributed by atoms with Crippen molar-refractivity contribution in [3.05, 3.63) is 24.3 Å². The highest BCUT2D eigenvalue weighted by atomic mass is 16.5. The summed E-state index contributed by atoms with van der Waals surface area (Å²) in [6.07, 6.45) is 4.35. The lowest BCUT2D eigenvalue weighted by atomic mass is 10.2. The molecule has 1 aromatic carbocycles. The van der Waals surface area contributed by atoms with Crippen molar-refractivity contribution in [2.45, 2.75) is 52.6 Å². The lowest BCUT2D eigenvalue weighted by molar-refractivity contribution is -0.136. The zero-order valence-corrected chi connectivity index (χ0v) is 13.6. The van der Waals surface area contributed by atoms with Crippen LogP contribution in [0, 0.1) is 0 Å². The van der Waals surface area contributed by atoms with E-state index in [0.717, 1.165) is 31.4 Å². The van der Waals surface area contributed by atoms with Crippen LogP contribution in [0.1, 0.15) is 46.5 Å². The molecule has 0 fully saturated rings. The summed E-state index contributed by atoms with van der Waals surface area (Å²) in [5.74, 6) is -0.514. The van der Waals surface area contributed by atoms with Crippen molar-refractivity contribution < 1.29 is 14.3 Å². The van der Waals surface area contributed by atoms with E-state index in [1.54, 1.807) is 24.3 Å². The molecule has 0 saturated heterocycles. The molecule has 2 amide bonds. The molecule has 5 heteroatoms. The predicted molar refractivity (Wildman–Crippen MR) is 88.0 cm³/mol. The zero-order valence-electron chi connectivity index (χ0n) is 13.6. The molecule has 0 aliphatic heterocycles. The Kier molecular flexibility index (Phi) is 8.04. The molecule has 0 saturated carbocycles. The summed E-state index contributed by atoms with van der Waals surface area (Å²) in [6.45, 7) is 6.55. The maximum Gasteiger partial charge on any atom is 0.313 e. The van der Waals surface area contributed by atoms with E-state index in [9.17, 15) is 9.59 Å². The SMILES string of the molecule is CCCCCCNC(=O)C(=O)Nc1ccc(OC(C)C)cc1. The molecule has 0 aliphatic carbocycles. The summed E-state index contributed by atoms with van der Waals surface area (Å²) >= 11 is 0. The highest BCUT2D eigenvalue weighted by Crippen LogP contribution is 2.16. The molecule has 0 bridgehead atoms. The summed E-state index contributed by atoms with van der Waals surface area (Å²) in [5.41, 5.74) is 0.572. The lowest BCUT2D eigenvalue weighted by Gasteiger charge is -2.10. The largest absolute Gasteiger partial charge is 0.491 e. The number of ether oxygens (including phenoxy) is 1. The smallest absolute Gasteiger partial charge is 0.313 e. The molecule has 0 atom stereocenters. The number of benzene rings is 1. The zero-order chi connectivity index (χ0) is 16.4. The summed E-state index contributed by atoms with van der Waals surface area (Å²) in [4.78, 5) is 23.4. The Morgan fingerprint density at radius 2 is 1.73 bits per heavy atom. The minimum absolute atomic E-state index is 0.0962. The van der Waals surface area contributed by atoms with Crippen molar-refractivity contribution in [2.24, 2.45) is 0 Å². The van der Waals surface area contributed by atoms with Crippen LogP contribution >= 0.6 is 0 Å². The van der Waals surface area contributed by atoms with E-state index < -0.39 is 11.8 Å². The Morgan fingerprint density at radius 3 is 2.32 bits per heavy atom. The average Bonchev–Trinajstić information content (AvgIpc) is 2.48. The second-order valence-electron chi connectivity index (χ2n) is 5.46. The fraction of sp³-hybridized carbons (Fsp3) is 0.529. The number of anilines is 1. The first kappa shape index (κ1) is 18.0. The second-order valence-corrected chi connectivity index (χ2v) is 5.46. The second kappa shape index (κ2) is 9.82. The fourth-order valence-corrected chi connectivity index (χ4v) is 1.91. The van der Waals surface area contributed by atoms with Gasteiger partial charge >= 0.3 is 11.8 Å². The predicted octanol–water partition coefficient (Wildman–Crippen LogP) is 3.11. The Bertz CT molecular complexity index is 469. The molecule has 0 unspecified atom stereocenters. The molecular weight excluding hydrogens is 280 g/mol. The standard InChI is InChI=1S/C17H26N2O3/c1-4-5-6-7-12-18-16(20)17(21)19-14-8-10-15(11-9-14)22-13(2)3/h8-11,13H,4-7,12H2,1-3H3,(H,18,20)(H,19,21). The first-order valence-corrected chi connectivity index (χ1v) is 7.88. The molecule has 0 aliphatic rings. The van der Waals surface area contributed by atoms with E-state index >= 15 is 0 Å². The Labute approximate surface area is 132 Å². The number of amides is 2. The number of carbonyl (C=O) groups is 2. The molecule has 0 spiro atoms. The third-order valence-electron chi connectivity index (χ3n) is 3.01. The third-order valence-corrected chi connectivity index (χ3v) is 3.01. The van der Waals surface area contributed by atoms with Crippen LogP contribution in [-0.2, 0) is 9.59 Å². The van der Waals surface area contributed by atoms with Crippen LogP contribution in [-0.4, -0.2) is 24.5 Å². The third kappa shape index (κ3) is 7.11. The number of carbonyl (C=O) groups excluding carboxylic acids is 2. The fourth-order valence-electron chi connectivity index (χ4n) is 1.91. The Hall–Kier alpha value is -2.04. The minimum Gasteiger partial charge on any atom is -0.491 e. The number of nitrogens with one attached hydrogen (secondary N) is 2. The van der Waals surface area contributed by atoms with Crippen molar-refractivity contribution >= 4 is 17.5 Å². The summed E-state index contributed by atoms with van der Waals surface area (Å²) in [6, 6.07) is 6.95. The van der Waals surface area contributed by atoms with Gasteiger partial charge in [0.1, 0.15) is 5.75 Å². The molecule has 0 radical (unpaired) electrons. The normalized spacial score (nSPS) is 10.4. The first-order valence-electron chi connectivity index (χ1n) is 7.88. The molecule has 22 heavy (non-hydrogen) atoms. The molecule has 0 heterocycles. The van der Waals surface area contributed by atoms with Gasteiger partial charge in [0.15, 0.2) is 0 Å². The maximum absolute atomic E-state index is 11.7. The quantitative estimate of drug-likeness (QED) is 0.573.